The number of carbonyl (C=O) groups excluding carboxylic acids is 1. The van der Waals surface area contributed by atoms with Crippen molar-refractivity contribution < 1.29 is 14.7 Å². The first-order chi connectivity index (χ1) is 8.10. The number of hydrogen-bond donors (Lipinski definition) is 2. The first-order valence-electron chi connectivity index (χ1n) is 6.61. The highest BCUT2D eigenvalue weighted by atomic mass is 16.4. The number of aliphatic carboxylic acids is 1. The molecule has 0 aliphatic rings. The van der Waals surface area contributed by atoms with E-state index >= 15 is 0 Å². The normalized spacial score (nSPS) is 13.4. The van der Waals surface area contributed by atoms with E-state index in [0.717, 1.165) is 6.42 Å². The molecule has 0 radical (unpaired) electrons. The van der Waals surface area contributed by atoms with E-state index < -0.39 is 5.97 Å². The van der Waals surface area contributed by atoms with Gasteiger partial charge in [-0.05, 0) is 24.2 Å². The fraction of sp³-hybridized carbons (Fsp3) is 0.857. The summed E-state index contributed by atoms with van der Waals surface area (Å²) in [4.78, 5) is 22.5. The van der Waals surface area contributed by atoms with Crippen molar-refractivity contribution in [3.8, 4) is 0 Å². The van der Waals surface area contributed by atoms with E-state index in [1.807, 2.05) is 20.8 Å². The summed E-state index contributed by atoms with van der Waals surface area (Å²) < 4.78 is 0. The number of hydrogen-bond acceptors (Lipinski definition) is 2. The second-order valence-corrected chi connectivity index (χ2v) is 6.56. The van der Waals surface area contributed by atoms with Gasteiger partial charge in [0.1, 0.15) is 0 Å². The molecule has 0 aliphatic carbocycles. The summed E-state index contributed by atoms with van der Waals surface area (Å²) in [6.45, 7) is 10.3. The molecule has 0 fully saturated rings. The summed E-state index contributed by atoms with van der Waals surface area (Å²) in [5.74, 6) is -0.427. The summed E-state index contributed by atoms with van der Waals surface area (Å²) >= 11 is 0. The van der Waals surface area contributed by atoms with E-state index in [2.05, 4.69) is 19.2 Å². The maximum atomic E-state index is 11.7. The maximum absolute atomic E-state index is 11.7. The molecule has 0 rings (SSSR count). The standard InChI is InChI=1S/C14H27NO3/c1-10(2)6-7-12(16)15-11(8-13(17)18)9-14(3,4)5/h10-11H,6-9H2,1-5H3,(H,15,16)(H,17,18). The van der Waals surface area contributed by atoms with Crippen molar-refractivity contribution in [2.75, 3.05) is 0 Å². The van der Waals surface area contributed by atoms with Gasteiger partial charge in [0.25, 0.3) is 0 Å². The number of rotatable bonds is 7. The molecule has 1 unspecified atom stereocenters. The van der Waals surface area contributed by atoms with Crippen LogP contribution in [-0.4, -0.2) is 23.0 Å². The van der Waals surface area contributed by atoms with Crippen LogP contribution in [0.3, 0.4) is 0 Å². The van der Waals surface area contributed by atoms with Crippen molar-refractivity contribution in [1.29, 1.82) is 0 Å². The Morgan fingerprint density at radius 2 is 1.78 bits per heavy atom. The smallest absolute Gasteiger partial charge is 0.305 e. The van der Waals surface area contributed by atoms with Crippen LogP contribution < -0.4 is 5.32 Å². The minimum absolute atomic E-state index is 0.00540. The summed E-state index contributed by atoms with van der Waals surface area (Å²) in [7, 11) is 0. The molecular formula is C14H27NO3. The second-order valence-electron chi connectivity index (χ2n) is 6.56. The Bertz CT molecular complexity index is 279. The Hall–Kier alpha value is -1.06. The van der Waals surface area contributed by atoms with Gasteiger partial charge >= 0.3 is 5.97 Å². The zero-order chi connectivity index (χ0) is 14.3. The number of carboxylic acid groups (broad SMARTS) is 1. The highest BCUT2D eigenvalue weighted by molar-refractivity contribution is 5.77. The van der Waals surface area contributed by atoms with Crippen molar-refractivity contribution in [1.82, 2.24) is 5.32 Å². The lowest BCUT2D eigenvalue weighted by Crippen LogP contribution is -2.39. The third-order valence-corrected chi connectivity index (χ3v) is 2.59. The van der Waals surface area contributed by atoms with Crippen LogP contribution in [0.1, 0.15) is 60.3 Å². The number of carbonyl (C=O) groups is 2. The van der Waals surface area contributed by atoms with E-state index in [-0.39, 0.29) is 23.8 Å². The molecule has 106 valence electrons. The molecular weight excluding hydrogens is 230 g/mol. The fourth-order valence-corrected chi connectivity index (χ4v) is 1.84. The lowest BCUT2D eigenvalue weighted by Gasteiger charge is -2.26. The van der Waals surface area contributed by atoms with Crippen LogP contribution in [0.15, 0.2) is 0 Å². The highest BCUT2D eigenvalue weighted by Gasteiger charge is 2.22. The van der Waals surface area contributed by atoms with Crippen molar-refractivity contribution in [3.63, 3.8) is 0 Å². The number of amides is 1. The average molecular weight is 257 g/mol. The van der Waals surface area contributed by atoms with Gasteiger partial charge in [-0.1, -0.05) is 34.6 Å². The SMILES string of the molecule is CC(C)CCC(=O)NC(CC(=O)O)CC(C)(C)C. The van der Waals surface area contributed by atoms with E-state index in [1.165, 1.54) is 0 Å². The summed E-state index contributed by atoms with van der Waals surface area (Å²) in [6, 6.07) is -0.276. The Kier molecular flexibility index (Phi) is 6.96. The molecule has 0 aromatic heterocycles. The molecule has 2 N–H and O–H groups in total. The van der Waals surface area contributed by atoms with Gasteiger partial charge in [-0.2, -0.15) is 0 Å². The molecule has 0 aromatic carbocycles. The van der Waals surface area contributed by atoms with Gasteiger partial charge in [0.15, 0.2) is 0 Å². The van der Waals surface area contributed by atoms with Crippen molar-refractivity contribution in [2.45, 2.75) is 66.3 Å². The predicted octanol–water partition coefficient (Wildman–Crippen LogP) is 2.82. The summed E-state index contributed by atoms with van der Waals surface area (Å²) in [5, 5.41) is 11.7. The van der Waals surface area contributed by atoms with Crippen LogP contribution in [0.5, 0.6) is 0 Å². The summed E-state index contributed by atoms with van der Waals surface area (Å²) in [5.41, 5.74) is 0.00540. The quantitative estimate of drug-likeness (QED) is 0.737. The van der Waals surface area contributed by atoms with Crippen LogP contribution in [0.2, 0.25) is 0 Å². The molecule has 0 bridgehead atoms. The molecule has 18 heavy (non-hydrogen) atoms. The van der Waals surface area contributed by atoms with Crippen molar-refractivity contribution in [3.05, 3.63) is 0 Å². The van der Waals surface area contributed by atoms with Gasteiger partial charge in [0.05, 0.1) is 6.42 Å². The maximum Gasteiger partial charge on any atom is 0.305 e. The fourth-order valence-electron chi connectivity index (χ4n) is 1.84. The van der Waals surface area contributed by atoms with Gasteiger partial charge in [-0.25, -0.2) is 0 Å². The Morgan fingerprint density at radius 3 is 2.17 bits per heavy atom. The second kappa shape index (κ2) is 7.39. The molecule has 0 aromatic rings. The number of carboxylic acids is 1. The Balaban J connectivity index is 4.31. The van der Waals surface area contributed by atoms with Crippen LogP contribution in [0.25, 0.3) is 0 Å². The zero-order valence-corrected chi connectivity index (χ0v) is 12.2. The van der Waals surface area contributed by atoms with Crippen molar-refractivity contribution in [2.24, 2.45) is 11.3 Å². The average Bonchev–Trinajstić information content (AvgIpc) is 2.10. The van der Waals surface area contributed by atoms with Crippen LogP contribution in [-0.2, 0) is 9.59 Å². The minimum Gasteiger partial charge on any atom is -0.481 e. The minimum atomic E-state index is -0.867. The molecule has 4 heteroatoms. The van der Waals surface area contributed by atoms with Gasteiger partial charge < -0.3 is 10.4 Å². The van der Waals surface area contributed by atoms with E-state index in [1.54, 1.807) is 0 Å². The molecule has 0 heterocycles. The number of nitrogens with one attached hydrogen (secondary N) is 1. The Labute approximate surface area is 110 Å². The first-order valence-corrected chi connectivity index (χ1v) is 6.61. The monoisotopic (exact) mass is 257 g/mol. The first kappa shape index (κ1) is 16.9. The molecule has 1 amide bonds. The van der Waals surface area contributed by atoms with E-state index in [0.29, 0.717) is 18.8 Å². The van der Waals surface area contributed by atoms with E-state index in [4.69, 9.17) is 5.11 Å². The van der Waals surface area contributed by atoms with Crippen LogP contribution in [0.4, 0.5) is 0 Å². The van der Waals surface area contributed by atoms with E-state index in [9.17, 15) is 9.59 Å². The van der Waals surface area contributed by atoms with Gasteiger partial charge in [0.2, 0.25) is 5.91 Å². The van der Waals surface area contributed by atoms with Gasteiger partial charge in [-0.15, -0.1) is 0 Å². The summed E-state index contributed by atoms with van der Waals surface area (Å²) in [6.07, 6.45) is 1.97. The molecule has 0 aliphatic heterocycles. The molecule has 0 saturated heterocycles. The van der Waals surface area contributed by atoms with Crippen molar-refractivity contribution >= 4 is 11.9 Å². The zero-order valence-electron chi connectivity index (χ0n) is 12.2. The molecule has 4 nitrogen and oxygen atoms in total. The third-order valence-electron chi connectivity index (χ3n) is 2.59. The Morgan fingerprint density at radius 1 is 1.22 bits per heavy atom. The third kappa shape index (κ3) is 10.1. The lowest BCUT2D eigenvalue weighted by molar-refractivity contribution is -0.137. The topological polar surface area (TPSA) is 66.4 Å². The highest BCUT2D eigenvalue weighted by Crippen LogP contribution is 2.22. The van der Waals surface area contributed by atoms with Crippen LogP contribution >= 0.6 is 0 Å². The van der Waals surface area contributed by atoms with Gasteiger partial charge in [0, 0.05) is 12.5 Å². The molecule has 0 spiro atoms. The van der Waals surface area contributed by atoms with Crippen LogP contribution in [0, 0.1) is 11.3 Å². The molecule has 0 saturated carbocycles. The van der Waals surface area contributed by atoms with Gasteiger partial charge in [-0.3, -0.25) is 9.59 Å². The largest absolute Gasteiger partial charge is 0.481 e. The predicted molar refractivity (Wildman–Crippen MR) is 72.3 cm³/mol. The molecule has 1 atom stereocenters. The lowest BCUT2D eigenvalue weighted by atomic mass is 9.87.